The van der Waals surface area contributed by atoms with Gasteiger partial charge in [-0.3, -0.25) is 10.1 Å². The first-order chi connectivity index (χ1) is 8.34. The first-order valence-electron chi connectivity index (χ1n) is 5.66. The third kappa shape index (κ3) is 4.23. The van der Waals surface area contributed by atoms with Crippen LogP contribution in [0.4, 0.5) is 0 Å². The van der Waals surface area contributed by atoms with Gasteiger partial charge in [-0.05, 0) is 31.5 Å². The van der Waals surface area contributed by atoms with Gasteiger partial charge in [-0.2, -0.15) is 12.6 Å². The lowest BCUT2D eigenvalue weighted by Crippen LogP contribution is -2.48. The number of hydrogen-bond acceptors (Lipinski definition) is 4. The Kier molecular flexibility index (Phi) is 5.04. The average Bonchev–Trinajstić information content (AvgIpc) is 2.28. The Hall–Kier alpha value is -1.20. The van der Waals surface area contributed by atoms with Crippen molar-refractivity contribution in [2.24, 2.45) is 0 Å². The van der Waals surface area contributed by atoms with Crippen molar-refractivity contribution in [2.75, 3.05) is 7.11 Å². The fraction of sp³-hybridized carbons (Fsp3) is 0.462. The fourth-order valence-corrected chi connectivity index (χ4v) is 1.80. The molecule has 100 valence electrons. The molecule has 0 aliphatic carbocycles. The molecule has 1 unspecified atom stereocenters. The first kappa shape index (κ1) is 14.9. The lowest BCUT2D eigenvalue weighted by atomic mass is 10.0. The van der Waals surface area contributed by atoms with E-state index in [1.165, 1.54) is 0 Å². The van der Waals surface area contributed by atoms with Crippen LogP contribution < -0.4 is 10.1 Å². The van der Waals surface area contributed by atoms with Crippen molar-refractivity contribution in [3.05, 3.63) is 29.8 Å². The predicted octanol–water partition coefficient (Wildman–Crippen LogP) is 1.95. The zero-order valence-electron chi connectivity index (χ0n) is 10.8. The highest BCUT2D eigenvalue weighted by Crippen LogP contribution is 2.18. The van der Waals surface area contributed by atoms with E-state index in [0.717, 1.165) is 11.3 Å². The maximum absolute atomic E-state index is 11.1. The molecular formula is C13H19NO3S. The lowest BCUT2D eigenvalue weighted by molar-refractivity contribution is -0.140. The minimum atomic E-state index is -0.900. The highest BCUT2D eigenvalue weighted by Gasteiger charge is 2.31. The number of thiol groups is 1. The van der Waals surface area contributed by atoms with Crippen LogP contribution in [0.1, 0.15) is 19.4 Å². The van der Waals surface area contributed by atoms with Crippen LogP contribution in [0.25, 0.3) is 0 Å². The smallest absolute Gasteiger partial charge is 0.322 e. The van der Waals surface area contributed by atoms with Gasteiger partial charge in [-0.15, -0.1) is 0 Å². The quantitative estimate of drug-likeness (QED) is 0.691. The summed E-state index contributed by atoms with van der Waals surface area (Å²) in [5.74, 6) is -0.119. The third-order valence-corrected chi connectivity index (χ3v) is 2.88. The largest absolute Gasteiger partial charge is 0.497 e. The SMILES string of the molecule is COc1ccc(CNC(C(=O)O)C(C)(C)S)cc1. The molecule has 0 aromatic heterocycles. The number of aliphatic carboxylic acids is 1. The molecule has 0 amide bonds. The molecule has 0 spiro atoms. The number of rotatable bonds is 6. The summed E-state index contributed by atoms with van der Waals surface area (Å²) in [5, 5.41) is 12.1. The number of carboxylic acids is 1. The Morgan fingerprint density at radius 2 is 2.00 bits per heavy atom. The van der Waals surface area contributed by atoms with Gasteiger partial charge in [0.15, 0.2) is 0 Å². The number of carbonyl (C=O) groups is 1. The van der Waals surface area contributed by atoms with Gasteiger partial charge >= 0.3 is 5.97 Å². The van der Waals surface area contributed by atoms with Gasteiger partial charge in [-0.1, -0.05) is 12.1 Å². The van der Waals surface area contributed by atoms with Crippen LogP contribution in [0, 0.1) is 0 Å². The molecule has 0 radical (unpaired) electrons. The molecular weight excluding hydrogens is 250 g/mol. The Morgan fingerprint density at radius 3 is 2.39 bits per heavy atom. The van der Waals surface area contributed by atoms with Crippen molar-refractivity contribution in [2.45, 2.75) is 31.2 Å². The zero-order chi connectivity index (χ0) is 13.8. The molecule has 0 fully saturated rings. The van der Waals surface area contributed by atoms with Gasteiger partial charge < -0.3 is 9.84 Å². The van der Waals surface area contributed by atoms with Gasteiger partial charge in [0.2, 0.25) is 0 Å². The van der Waals surface area contributed by atoms with Gasteiger partial charge in [0.05, 0.1) is 7.11 Å². The number of methoxy groups -OCH3 is 1. The second kappa shape index (κ2) is 6.11. The summed E-state index contributed by atoms with van der Waals surface area (Å²) in [6.07, 6.45) is 0. The van der Waals surface area contributed by atoms with Gasteiger partial charge in [-0.25, -0.2) is 0 Å². The predicted molar refractivity (Wildman–Crippen MR) is 74.3 cm³/mol. The molecule has 0 saturated carbocycles. The van der Waals surface area contributed by atoms with E-state index in [-0.39, 0.29) is 0 Å². The first-order valence-corrected chi connectivity index (χ1v) is 6.11. The zero-order valence-corrected chi connectivity index (χ0v) is 11.7. The van der Waals surface area contributed by atoms with E-state index in [1.54, 1.807) is 21.0 Å². The molecule has 1 atom stereocenters. The summed E-state index contributed by atoms with van der Waals surface area (Å²) < 4.78 is 4.43. The monoisotopic (exact) mass is 269 g/mol. The summed E-state index contributed by atoms with van der Waals surface area (Å²) in [7, 11) is 1.61. The van der Waals surface area contributed by atoms with Gasteiger partial charge in [0.1, 0.15) is 11.8 Å². The minimum absolute atomic E-state index is 0.477. The van der Waals surface area contributed by atoms with E-state index in [0.29, 0.717) is 6.54 Å². The highest BCUT2D eigenvalue weighted by atomic mass is 32.1. The third-order valence-electron chi connectivity index (χ3n) is 2.62. The summed E-state index contributed by atoms with van der Waals surface area (Å²) in [4.78, 5) is 11.1. The summed E-state index contributed by atoms with van der Waals surface area (Å²) in [6, 6.07) is 6.78. The molecule has 0 aliphatic heterocycles. The number of ether oxygens (including phenoxy) is 1. The molecule has 0 saturated heterocycles. The highest BCUT2D eigenvalue weighted by molar-refractivity contribution is 7.81. The van der Waals surface area contributed by atoms with Crippen LogP contribution in [0.15, 0.2) is 24.3 Å². The van der Waals surface area contributed by atoms with Crippen LogP contribution >= 0.6 is 12.6 Å². The topological polar surface area (TPSA) is 58.6 Å². The summed E-state index contributed by atoms with van der Waals surface area (Å²) >= 11 is 4.30. The average molecular weight is 269 g/mol. The molecule has 0 heterocycles. The number of hydrogen-bond donors (Lipinski definition) is 3. The molecule has 2 N–H and O–H groups in total. The molecule has 18 heavy (non-hydrogen) atoms. The molecule has 0 bridgehead atoms. The van der Waals surface area contributed by atoms with E-state index in [4.69, 9.17) is 9.84 Å². The lowest BCUT2D eigenvalue weighted by Gasteiger charge is -2.27. The number of benzene rings is 1. The van der Waals surface area contributed by atoms with Gasteiger partial charge in [0, 0.05) is 11.3 Å². The van der Waals surface area contributed by atoms with E-state index in [1.807, 2.05) is 24.3 Å². The number of nitrogens with one attached hydrogen (secondary N) is 1. The molecule has 1 aromatic rings. The van der Waals surface area contributed by atoms with Crippen molar-refractivity contribution in [1.82, 2.24) is 5.32 Å². The normalized spacial score (nSPS) is 13.1. The van der Waals surface area contributed by atoms with E-state index in [9.17, 15) is 4.79 Å². The Bertz CT molecular complexity index is 398. The molecule has 0 aliphatic rings. The Balaban J connectivity index is 2.64. The van der Waals surface area contributed by atoms with Crippen molar-refractivity contribution in [3.63, 3.8) is 0 Å². The second-order valence-corrected chi connectivity index (χ2v) is 5.81. The molecule has 4 nitrogen and oxygen atoms in total. The standard InChI is InChI=1S/C13H19NO3S/c1-13(2,18)11(12(15)16)14-8-9-4-6-10(17-3)7-5-9/h4-7,11,14,18H,8H2,1-3H3,(H,15,16). The summed E-state index contributed by atoms with van der Waals surface area (Å²) in [6.45, 7) is 4.02. The van der Waals surface area contributed by atoms with Crippen LogP contribution in [-0.2, 0) is 11.3 Å². The molecule has 1 rings (SSSR count). The summed E-state index contributed by atoms with van der Waals surface area (Å²) in [5.41, 5.74) is 1.000. The maximum Gasteiger partial charge on any atom is 0.322 e. The van der Waals surface area contributed by atoms with Crippen molar-refractivity contribution in [1.29, 1.82) is 0 Å². The second-order valence-electron chi connectivity index (χ2n) is 4.65. The Morgan fingerprint density at radius 1 is 1.44 bits per heavy atom. The molecule has 5 heteroatoms. The van der Waals surface area contributed by atoms with E-state index < -0.39 is 16.8 Å². The maximum atomic E-state index is 11.1. The fourth-order valence-electron chi connectivity index (χ4n) is 1.60. The van der Waals surface area contributed by atoms with Crippen LogP contribution in [0.5, 0.6) is 5.75 Å². The molecule has 1 aromatic carbocycles. The Labute approximate surface area is 113 Å². The van der Waals surface area contributed by atoms with Crippen LogP contribution in [0.3, 0.4) is 0 Å². The van der Waals surface area contributed by atoms with Crippen molar-refractivity contribution < 1.29 is 14.6 Å². The van der Waals surface area contributed by atoms with Crippen molar-refractivity contribution >= 4 is 18.6 Å². The van der Waals surface area contributed by atoms with E-state index >= 15 is 0 Å². The van der Waals surface area contributed by atoms with Gasteiger partial charge in [0.25, 0.3) is 0 Å². The van der Waals surface area contributed by atoms with Crippen LogP contribution in [0.2, 0.25) is 0 Å². The number of carboxylic acid groups (broad SMARTS) is 1. The van der Waals surface area contributed by atoms with Crippen LogP contribution in [-0.4, -0.2) is 29.0 Å². The minimum Gasteiger partial charge on any atom is -0.497 e. The van der Waals surface area contributed by atoms with E-state index in [2.05, 4.69) is 17.9 Å². The van der Waals surface area contributed by atoms with Crippen molar-refractivity contribution in [3.8, 4) is 5.75 Å².